The Labute approximate surface area is 123 Å². The molecule has 1 unspecified atom stereocenters. The molecule has 0 saturated heterocycles. The second-order valence-electron chi connectivity index (χ2n) is 4.28. The van der Waals surface area contributed by atoms with Gasteiger partial charge in [0.15, 0.2) is 5.37 Å². The maximum atomic E-state index is 12.7. The van der Waals surface area contributed by atoms with Crippen LogP contribution in [0, 0.1) is 0 Å². The maximum Gasteiger partial charge on any atom is 0.408 e. The van der Waals surface area contributed by atoms with Gasteiger partial charge in [-0.1, -0.05) is 48.5 Å². The molecule has 0 bridgehead atoms. The largest absolute Gasteiger partial charge is 0.453 e. The van der Waals surface area contributed by atoms with E-state index in [9.17, 15) is 13.2 Å². The van der Waals surface area contributed by atoms with Crippen LogP contribution in [0.15, 0.2) is 65.6 Å². The van der Waals surface area contributed by atoms with E-state index in [4.69, 9.17) is 0 Å². The molecule has 110 valence electrons. The number of rotatable bonds is 4. The van der Waals surface area contributed by atoms with Gasteiger partial charge >= 0.3 is 6.09 Å². The fraction of sp³-hybridized carbons (Fsp3) is 0.133. The molecule has 0 spiro atoms. The fourth-order valence-electron chi connectivity index (χ4n) is 1.88. The van der Waals surface area contributed by atoms with Crippen LogP contribution in [0.25, 0.3) is 0 Å². The van der Waals surface area contributed by atoms with E-state index < -0.39 is 21.3 Å². The fourth-order valence-corrected chi connectivity index (χ4v) is 3.46. The van der Waals surface area contributed by atoms with Gasteiger partial charge in [-0.2, -0.15) is 0 Å². The molecule has 2 aromatic carbocycles. The van der Waals surface area contributed by atoms with Crippen LogP contribution in [0.1, 0.15) is 10.9 Å². The van der Waals surface area contributed by atoms with Crippen molar-refractivity contribution in [1.82, 2.24) is 5.32 Å². The van der Waals surface area contributed by atoms with Crippen LogP contribution in [0.3, 0.4) is 0 Å². The third-order valence-electron chi connectivity index (χ3n) is 2.92. The molecule has 2 rings (SSSR count). The van der Waals surface area contributed by atoms with Gasteiger partial charge < -0.3 is 10.1 Å². The zero-order valence-electron chi connectivity index (χ0n) is 11.4. The lowest BCUT2D eigenvalue weighted by Gasteiger charge is -2.19. The number of sulfone groups is 1. The molecule has 0 aliphatic carbocycles. The SMILES string of the molecule is COC(=O)NC(c1ccccc1)S(=O)(=O)c1ccccc1. The Morgan fingerprint density at radius 3 is 2.05 bits per heavy atom. The summed E-state index contributed by atoms with van der Waals surface area (Å²) in [6.07, 6.45) is -0.802. The average molecular weight is 305 g/mol. The van der Waals surface area contributed by atoms with Gasteiger partial charge in [0.25, 0.3) is 0 Å². The van der Waals surface area contributed by atoms with E-state index in [1.54, 1.807) is 48.5 Å². The minimum atomic E-state index is -3.77. The maximum absolute atomic E-state index is 12.7. The highest BCUT2D eigenvalue weighted by Crippen LogP contribution is 2.26. The smallest absolute Gasteiger partial charge is 0.408 e. The van der Waals surface area contributed by atoms with Crippen molar-refractivity contribution in [3.05, 3.63) is 66.2 Å². The number of nitrogens with one attached hydrogen (secondary N) is 1. The standard InChI is InChI=1S/C15H15NO4S/c1-20-15(17)16-14(12-8-4-2-5-9-12)21(18,19)13-10-6-3-7-11-13/h2-11,14H,1H3,(H,16,17). The molecule has 0 aromatic heterocycles. The molecule has 0 aliphatic rings. The Balaban J connectivity index is 2.47. The Kier molecular flexibility index (Phi) is 4.59. The van der Waals surface area contributed by atoms with E-state index in [-0.39, 0.29) is 4.90 Å². The van der Waals surface area contributed by atoms with Crippen LogP contribution in [0.4, 0.5) is 4.79 Å². The predicted molar refractivity (Wildman–Crippen MR) is 78.4 cm³/mol. The first kappa shape index (κ1) is 15.1. The van der Waals surface area contributed by atoms with Crippen LogP contribution < -0.4 is 5.32 Å². The Morgan fingerprint density at radius 2 is 1.52 bits per heavy atom. The summed E-state index contributed by atoms with van der Waals surface area (Å²) in [4.78, 5) is 11.6. The number of alkyl carbamates (subject to hydrolysis) is 1. The van der Waals surface area contributed by atoms with Gasteiger partial charge in [0, 0.05) is 0 Å². The quantitative estimate of drug-likeness (QED) is 0.942. The van der Waals surface area contributed by atoms with Gasteiger partial charge in [0.2, 0.25) is 9.84 Å². The molecule has 0 heterocycles. The van der Waals surface area contributed by atoms with E-state index in [0.29, 0.717) is 5.56 Å². The van der Waals surface area contributed by atoms with Crippen molar-refractivity contribution in [3.63, 3.8) is 0 Å². The van der Waals surface area contributed by atoms with E-state index >= 15 is 0 Å². The lowest BCUT2D eigenvalue weighted by molar-refractivity contribution is 0.169. The molecule has 1 N–H and O–H groups in total. The molecular weight excluding hydrogens is 290 g/mol. The zero-order chi connectivity index (χ0) is 15.3. The van der Waals surface area contributed by atoms with Crippen molar-refractivity contribution in [1.29, 1.82) is 0 Å². The summed E-state index contributed by atoms with van der Waals surface area (Å²) in [5, 5.41) is 1.17. The lowest BCUT2D eigenvalue weighted by atomic mass is 10.2. The third kappa shape index (κ3) is 3.41. The molecular formula is C15H15NO4S. The summed E-state index contributed by atoms with van der Waals surface area (Å²) >= 11 is 0. The highest BCUT2D eigenvalue weighted by Gasteiger charge is 2.30. The summed E-state index contributed by atoms with van der Waals surface area (Å²) in [6, 6.07) is 16.4. The molecule has 0 fully saturated rings. The number of hydrogen-bond donors (Lipinski definition) is 1. The number of ether oxygens (including phenoxy) is 1. The normalized spacial score (nSPS) is 12.4. The minimum absolute atomic E-state index is 0.134. The van der Waals surface area contributed by atoms with Crippen LogP contribution in [0.2, 0.25) is 0 Å². The van der Waals surface area contributed by atoms with Gasteiger partial charge in [0.05, 0.1) is 12.0 Å². The molecule has 1 atom stereocenters. The van der Waals surface area contributed by atoms with Crippen LogP contribution in [-0.2, 0) is 14.6 Å². The Morgan fingerprint density at radius 1 is 1.00 bits per heavy atom. The van der Waals surface area contributed by atoms with Gasteiger partial charge in [-0.25, -0.2) is 13.2 Å². The highest BCUT2D eigenvalue weighted by molar-refractivity contribution is 7.91. The molecule has 1 amide bonds. The zero-order valence-corrected chi connectivity index (χ0v) is 12.2. The van der Waals surface area contributed by atoms with Gasteiger partial charge in [-0.3, -0.25) is 0 Å². The summed E-state index contributed by atoms with van der Waals surface area (Å²) in [7, 11) is -2.58. The summed E-state index contributed by atoms with van der Waals surface area (Å²) in [5.41, 5.74) is 0.465. The molecule has 0 radical (unpaired) electrons. The lowest BCUT2D eigenvalue weighted by Crippen LogP contribution is -2.33. The van der Waals surface area contributed by atoms with Crippen molar-refractivity contribution in [2.45, 2.75) is 10.3 Å². The number of benzene rings is 2. The van der Waals surface area contributed by atoms with Crippen molar-refractivity contribution < 1.29 is 17.9 Å². The van der Waals surface area contributed by atoms with Crippen molar-refractivity contribution in [2.75, 3.05) is 7.11 Å². The topological polar surface area (TPSA) is 72.5 Å². The molecule has 21 heavy (non-hydrogen) atoms. The Bertz CT molecular complexity index is 699. The second-order valence-corrected chi connectivity index (χ2v) is 6.32. The summed E-state index contributed by atoms with van der Waals surface area (Å²) < 4.78 is 29.9. The van der Waals surface area contributed by atoms with E-state index in [0.717, 1.165) is 0 Å². The number of amides is 1. The highest BCUT2D eigenvalue weighted by atomic mass is 32.2. The first-order chi connectivity index (χ1) is 10.1. The number of carbonyl (C=O) groups excluding carboxylic acids is 1. The number of hydrogen-bond acceptors (Lipinski definition) is 4. The Hall–Kier alpha value is -2.34. The second kappa shape index (κ2) is 6.41. The monoisotopic (exact) mass is 305 g/mol. The van der Waals surface area contributed by atoms with E-state index in [1.807, 2.05) is 0 Å². The molecule has 0 saturated carbocycles. The van der Waals surface area contributed by atoms with E-state index in [2.05, 4.69) is 10.1 Å². The van der Waals surface area contributed by atoms with Gasteiger partial charge in [-0.05, 0) is 17.7 Å². The van der Waals surface area contributed by atoms with Crippen molar-refractivity contribution in [3.8, 4) is 0 Å². The molecule has 2 aromatic rings. The minimum Gasteiger partial charge on any atom is -0.453 e. The number of methoxy groups -OCH3 is 1. The first-order valence-corrected chi connectivity index (χ1v) is 7.78. The van der Waals surface area contributed by atoms with Crippen molar-refractivity contribution in [2.24, 2.45) is 0 Å². The van der Waals surface area contributed by atoms with Crippen LogP contribution >= 0.6 is 0 Å². The summed E-state index contributed by atoms with van der Waals surface area (Å²) in [5.74, 6) is 0. The predicted octanol–water partition coefficient (Wildman–Crippen LogP) is 2.52. The van der Waals surface area contributed by atoms with Gasteiger partial charge in [-0.15, -0.1) is 0 Å². The molecule has 0 aliphatic heterocycles. The first-order valence-electron chi connectivity index (χ1n) is 6.24. The third-order valence-corrected chi connectivity index (χ3v) is 4.86. The van der Waals surface area contributed by atoms with Crippen LogP contribution in [0.5, 0.6) is 0 Å². The number of carbonyl (C=O) groups is 1. The van der Waals surface area contributed by atoms with Crippen molar-refractivity contribution >= 4 is 15.9 Å². The van der Waals surface area contributed by atoms with Gasteiger partial charge in [0.1, 0.15) is 0 Å². The summed E-state index contributed by atoms with van der Waals surface area (Å²) in [6.45, 7) is 0. The van der Waals surface area contributed by atoms with E-state index in [1.165, 1.54) is 19.2 Å². The molecule has 5 nitrogen and oxygen atoms in total. The average Bonchev–Trinajstić information content (AvgIpc) is 2.53. The molecule has 6 heteroatoms. The van der Waals surface area contributed by atoms with Crippen LogP contribution in [-0.4, -0.2) is 21.6 Å².